The van der Waals surface area contributed by atoms with Gasteiger partial charge in [0.15, 0.2) is 10.5 Å². The number of rotatable bonds is 7. The van der Waals surface area contributed by atoms with Gasteiger partial charge in [-0.3, -0.25) is 29.5 Å². The summed E-state index contributed by atoms with van der Waals surface area (Å²) in [5.41, 5.74) is -0.336. The number of aromatic nitrogens is 1. The zero-order valence-electron chi connectivity index (χ0n) is 17.6. The number of esters is 1. The van der Waals surface area contributed by atoms with Gasteiger partial charge in [0, 0.05) is 30.7 Å². The second-order valence-electron chi connectivity index (χ2n) is 6.57. The molecule has 14 nitrogen and oxygen atoms in total. The average molecular weight is 535 g/mol. The van der Waals surface area contributed by atoms with Crippen LogP contribution in [0, 0.1) is 5.41 Å². The molecular weight excluding hydrogens is 516 g/mol. The lowest BCUT2D eigenvalue weighted by Gasteiger charge is -2.49. The Morgan fingerprint density at radius 3 is 2.65 bits per heavy atom. The van der Waals surface area contributed by atoms with Crippen LogP contribution in [0.1, 0.15) is 12.6 Å². The number of amides is 3. The molecule has 1 aromatic heterocycles. The van der Waals surface area contributed by atoms with E-state index in [0.717, 1.165) is 16.2 Å². The first-order chi connectivity index (χ1) is 15.6. The minimum Gasteiger partial charge on any atom is -0.477 e. The second kappa shape index (κ2) is 11.2. The highest BCUT2D eigenvalue weighted by Gasteiger charge is 2.54. The number of aromatic amines is 1. The molecule has 3 heterocycles. The molecule has 17 heteroatoms. The Hall–Kier alpha value is -3.37. The fourth-order valence-electron chi connectivity index (χ4n) is 2.95. The number of β-lactam (4-membered cyclic amide) rings is 1. The van der Waals surface area contributed by atoms with Gasteiger partial charge in [-0.05, 0) is 0 Å². The Labute approximate surface area is 205 Å². The second-order valence-corrected chi connectivity index (χ2v) is 8.56. The molecule has 34 heavy (non-hydrogen) atoms. The number of oxime groups is 1. The number of aliphatic carboxylic acids is 1. The third-order valence-electron chi connectivity index (χ3n) is 4.42. The summed E-state index contributed by atoms with van der Waals surface area (Å²) in [5.74, 6) is -3.35. The molecule has 0 spiro atoms. The Bertz CT molecular complexity index is 1150. The predicted molar refractivity (Wildman–Crippen MR) is 120 cm³/mol. The van der Waals surface area contributed by atoms with E-state index in [4.69, 9.17) is 10.1 Å². The van der Waals surface area contributed by atoms with Crippen LogP contribution in [-0.2, 0) is 28.8 Å². The number of H-pyrrole nitrogens is 1. The highest BCUT2D eigenvalue weighted by Crippen LogP contribution is 2.40. The number of hydrogen-bond donors (Lipinski definition) is 5. The van der Waals surface area contributed by atoms with Crippen molar-refractivity contribution < 1.29 is 38.7 Å². The highest BCUT2D eigenvalue weighted by molar-refractivity contribution is 8.00. The lowest BCUT2D eigenvalue weighted by molar-refractivity contribution is -0.150. The first kappa shape index (κ1) is 26.9. The molecule has 3 rings (SSSR count). The Kier molecular flexibility index (Phi) is 8.83. The molecule has 1 saturated heterocycles. The van der Waals surface area contributed by atoms with E-state index in [-0.39, 0.29) is 52.2 Å². The monoisotopic (exact) mass is 534 g/mol. The molecule has 5 N–H and O–H groups in total. The number of nitrogens with zero attached hydrogens (tertiary/aromatic N) is 2. The number of nitrogens with one attached hydrogen (secondary N) is 4. The number of thiazole rings is 1. The van der Waals surface area contributed by atoms with Crippen molar-refractivity contribution in [3.63, 3.8) is 0 Å². The first-order valence-electron chi connectivity index (χ1n) is 9.17. The highest BCUT2D eigenvalue weighted by atomic mass is 35.5. The number of hydrogen-bond acceptors (Lipinski definition) is 11. The van der Waals surface area contributed by atoms with Crippen LogP contribution >= 0.6 is 35.5 Å². The molecular formula is C17H19ClN6O8S2. The number of carbonyl (C=O) groups excluding carboxylic acids is 4. The number of carbonyl (C=O) groups is 5. The van der Waals surface area contributed by atoms with Crippen LogP contribution in [0.5, 0.6) is 0 Å². The topological polar surface area (TPSA) is 203 Å². The maximum atomic E-state index is 12.8. The molecule has 1 fully saturated rings. The minimum atomic E-state index is -1.36. The van der Waals surface area contributed by atoms with E-state index in [1.54, 1.807) is 0 Å². The smallest absolute Gasteiger partial charge is 0.433 e. The van der Waals surface area contributed by atoms with Crippen LogP contribution in [0.3, 0.4) is 0 Å². The zero-order valence-corrected chi connectivity index (χ0v) is 20.0. The molecule has 1 aromatic rings. The number of thioether (sulfide) groups is 1. The van der Waals surface area contributed by atoms with Gasteiger partial charge >= 0.3 is 18.0 Å². The summed E-state index contributed by atoms with van der Waals surface area (Å²) in [6, 6.07) is -1.08. The molecule has 1 unspecified atom stereocenters. The van der Waals surface area contributed by atoms with Gasteiger partial charge in [-0.15, -0.1) is 35.5 Å². The maximum absolute atomic E-state index is 12.8. The van der Waals surface area contributed by atoms with Crippen LogP contribution in [0.2, 0.25) is 0 Å². The summed E-state index contributed by atoms with van der Waals surface area (Å²) >= 11 is 2.15. The zero-order chi connectivity index (χ0) is 24.3. The molecule has 0 saturated carbocycles. The van der Waals surface area contributed by atoms with Crippen molar-refractivity contribution in [2.45, 2.75) is 18.3 Å². The Balaban J connectivity index is 0.00000408. The largest absolute Gasteiger partial charge is 0.477 e. The van der Waals surface area contributed by atoms with Crippen LogP contribution in [0.25, 0.3) is 0 Å². The van der Waals surface area contributed by atoms with E-state index >= 15 is 0 Å². The average Bonchev–Trinajstić information content (AvgIpc) is 3.20. The van der Waals surface area contributed by atoms with Crippen molar-refractivity contribution in [2.24, 2.45) is 5.16 Å². The summed E-state index contributed by atoms with van der Waals surface area (Å²) in [4.78, 5) is 68.0. The van der Waals surface area contributed by atoms with E-state index in [9.17, 15) is 29.1 Å². The maximum Gasteiger partial charge on any atom is 0.433 e. The summed E-state index contributed by atoms with van der Waals surface area (Å²) in [6.45, 7) is 0.913. The van der Waals surface area contributed by atoms with Crippen molar-refractivity contribution in [3.05, 3.63) is 27.1 Å². The summed E-state index contributed by atoms with van der Waals surface area (Å²) < 4.78 is 4.87. The normalized spacial score (nSPS) is 19.3. The van der Waals surface area contributed by atoms with Gasteiger partial charge in [-0.2, -0.15) is 0 Å². The quantitative estimate of drug-likeness (QED) is 0.0988. The van der Waals surface area contributed by atoms with E-state index in [2.05, 4.69) is 25.6 Å². The number of fused-ring (bicyclic) bond motifs is 1. The molecule has 0 aliphatic carbocycles. The number of halogens is 1. The van der Waals surface area contributed by atoms with Gasteiger partial charge in [0.05, 0.1) is 5.69 Å². The Morgan fingerprint density at radius 1 is 1.38 bits per heavy atom. The van der Waals surface area contributed by atoms with E-state index < -0.39 is 41.3 Å². The number of carboxylic acid groups (broad SMARTS) is 1. The van der Waals surface area contributed by atoms with Crippen LogP contribution < -0.4 is 15.4 Å². The molecule has 3 amide bonds. The molecule has 0 radical (unpaired) electrons. The summed E-state index contributed by atoms with van der Waals surface area (Å²) in [5, 5.41) is 26.0. The third-order valence-corrected chi connectivity index (χ3v) is 6.45. The number of ether oxygens (including phenoxy) is 1. The van der Waals surface area contributed by atoms with E-state index in [1.807, 2.05) is 0 Å². The van der Waals surface area contributed by atoms with Gasteiger partial charge in [0.2, 0.25) is 0 Å². The van der Waals surface area contributed by atoms with E-state index in [0.29, 0.717) is 0 Å². The number of carboxylic acids is 1. The van der Waals surface area contributed by atoms with Gasteiger partial charge in [-0.1, -0.05) is 5.16 Å². The molecule has 0 aromatic carbocycles. The fourth-order valence-corrected chi connectivity index (χ4v) is 4.85. The molecule has 0 bridgehead atoms. The standard InChI is InChI=1S/C17H18N6O8S2.ClH/c1-6(24)30-3-7-4-32-14-10(13(26)23(14)11(7)15(27)28)21-12(25)9(22-31-17(29)19-2)8-5-33-16(18)20-8;/h5,10,14H,3-4H2,1-2H3,(H2,18,20)(H,19,29)(H,21,25)(H,27,28);1H/t10?,14-;/m0./s1. The van der Waals surface area contributed by atoms with Crippen LogP contribution in [-0.4, -0.2) is 81.4 Å². The Morgan fingerprint density at radius 2 is 2.09 bits per heavy atom. The summed E-state index contributed by atoms with van der Waals surface area (Å²) in [6.07, 6.45) is -0.938. The predicted octanol–water partition coefficient (Wildman–Crippen LogP) is -0.661. The first-order valence-corrected chi connectivity index (χ1v) is 11.1. The lowest BCUT2D eigenvalue weighted by atomic mass is 10.0. The molecule has 2 aliphatic rings. The fraction of sp³-hybridized carbons (Fsp3) is 0.353. The van der Waals surface area contributed by atoms with Crippen molar-refractivity contribution in [3.8, 4) is 0 Å². The van der Waals surface area contributed by atoms with E-state index in [1.165, 1.54) is 31.1 Å². The van der Waals surface area contributed by atoms with Gasteiger partial charge < -0.3 is 25.5 Å². The van der Waals surface area contributed by atoms with Crippen molar-refractivity contribution >= 4 is 71.1 Å². The van der Waals surface area contributed by atoms with Crippen LogP contribution in [0.15, 0.2) is 21.8 Å². The van der Waals surface area contributed by atoms with Crippen molar-refractivity contribution in [1.29, 1.82) is 5.41 Å². The van der Waals surface area contributed by atoms with Crippen molar-refractivity contribution in [1.82, 2.24) is 20.5 Å². The minimum absolute atomic E-state index is 0. The molecule has 184 valence electrons. The van der Waals surface area contributed by atoms with Gasteiger partial charge in [0.1, 0.15) is 23.7 Å². The molecule has 2 atom stereocenters. The lowest BCUT2D eigenvalue weighted by Crippen LogP contribution is -2.71. The molecule has 2 aliphatic heterocycles. The SMILES string of the molecule is CNC(=O)ON=C(C(=O)NC1C(=O)N2C(C(=O)O)=C(COC(C)=O)CS[C@@H]12)c1csc(=N)[nH]1.Cl. The van der Waals surface area contributed by atoms with Crippen molar-refractivity contribution in [2.75, 3.05) is 19.4 Å². The summed E-state index contributed by atoms with van der Waals surface area (Å²) in [7, 11) is 1.29. The van der Waals surface area contributed by atoms with Gasteiger partial charge in [-0.25, -0.2) is 9.59 Å². The van der Waals surface area contributed by atoms with Gasteiger partial charge in [0.25, 0.3) is 11.8 Å². The van der Waals surface area contributed by atoms with Crippen LogP contribution in [0.4, 0.5) is 4.79 Å². The third kappa shape index (κ3) is 5.57.